The number of aromatic nitrogens is 1. The second kappa shape index (κ2) is 4.89. The molecule has 92 valence electrons. The fourth-order valence-corrected chi connectivity index (χ4v) is 1.95. The van der Waals surface area contributed by atoms with Crippen molar-refractivity contribution in [3.8, 4) is 11.3 Å². The molecule has 0 spiro atoms. The lowest BCUT2D eigenvalue weighted by molar-refractivity contribution is 0.179. The first-order valence-corrected chi connectivity index (χ1v) is 6.17. The molecule has 0 fully saturated rings. The van der Waals surface area contributed by atoms with Gasteiger partial charge in [0.2, 0.25) is 10.3 Å². The van der Waals surface area contributed by atoms with Crippen molar-refractivity contribution in [2.24, 2.45) is 0 Å². The van der Waals surface area contributed by atoms with Crippen LogP contribution < -0.4 is 5.56 Å². The molecule has 6 heteroatoms. The molecule has 0 aliphatic rings. The van der Waals surface area contributed by atoms with Gasteiger partial charge in [-0.2, -0.15) is 8.42 Å². The average molecular weight is 263 g/mol. The third-order valence-electron chi connectivity index (χ3n) is 2.38. The molecule has 0 aliphatic carbocycles. The summed E-state index contributed by atoms with van der Waals surface area (Å²) in [7, 11) is -2.49. The first-order valence-electron chi connectivity index (χ1n) is 5.03. The van der Waals surface area contributed by atoms with Gasteiger partial charge in [0.15, 0.2) is 0 Å². The quantitative estimate of drug-likeness (QED) is 0.641. The van der Waals surface area contributed by atoms with Crippen LogP contribution in [0.1, 0.15) is 5.56 Å². The van der Waals surface area contributed by atoms with Gasteiger partial charge in [-0.3, -0.25) is 4.79 Å². The lowest BCUT2D eigenvalue weighted by atomic mass is 10.1. The largest absolute Gasteiger partial charge is 0.425 e. The van der Waals surface area contributed by atoms with Crippen LogP contribution in [0.15, 0.2) is 47.3 Å². The summed E-state index contributed by atoms with van der Waals surface area (Å²) < 4.78 is 21.4. The molecular formula is C12H9NO4S. The predicted octanol–water partition coefficient (Wildman–Crippen LogP) is 0.782. The highest BCUT2D eigenvalue weighted by molar-refractivity contribution is 7.71. The number of benzene rings is 1. The number of pyridine rings is 1. The molecule has 1 aromatic heterocycles. The lowest BCUT2D eigenvalue weighted by Gasteiger charge is -2.06. The molecule has 0 saturated carbocycles. The van der Waals surface area contributed by atoms with E-state index >= 15 is 0 Å². The molecule has 18 heavy (non-hydrogen) atoms. The van der Waals surface area contributed by atoms with E-state index in [1.54, 1.807) is 24.3 Å². The van der Waals surface area contributed by atoms with E-state index in [2.05, 4.69) is 0 Å². The summed E-state index contributed by atoms with van der Waals surface area (Å²) in [6, 6.07) is 11.7. The van der Waals surface area contributed by atoms with Crippen LogP contribution in [0.2, 0.25) is 0 Å². The van der Waals surface area contributed by atoms with Gasteiger partial charge in [0, 0.05) is 5.56 Å². The van der Waals surface area contributed by atoms with E-state index in [9.17, 15) is 18.4 Å². The normalized spacial score (nSPS) is 10.0. The van der Waals surface area contributed by atoms with Crippen molar-refractivity contribution in [1.29, 1.82) is 0 Å². The smallest absolute Gasteiger partial charge is 0.291 e. The van der Waals surface area contributed by atoms with E-state index in [0.717, 1.165) is 5.37 Å². The van der Waals surface area contributed by atoms with Crippen LogP contribution in [0, 0.1) is 0 Å². The van der Waals surface area contributed by atoms with Gasteiger partial charge >= 0.3 is 0 Å². The van der Waals surface area contributed by atoms with Crippen LogP contribution in [0.4, 0.5) is 0 Å². The van der Waals surface area contributed by atoms with E-state index < -0.39 is 15.9 Å². The van der Waals surface area contributed by atoms with Gasteiger partial charge in [-0.15, -0.1) is 4.73 Å². The molecule has 0 saturated heterocycles. The van der Waals surface area contributed by atoms with Gasteiger partial charge in [0.25, 0.3) is 5.56 Å². The van der Waals surface area contributed by atoms with E-state index in [1.807, 2.05) is 6.07 Å². The topological polar surface area (TPSA) is 76.4 Å². The van der Waals surface area contributed by atoms with Crippen molar-refractivity contribution < 1.29 is 13.6 Å². The van der Waals surface area contributed by atoms with Crippen molar-refractivity contribution >= 4 is 15.7 Å². The van der Waals surface area contributed by atoms with Gasteiger partial charge in [0.05, 0.1) is 16.6 Å². The summed E-state index contributed by atoms with van der Waals surface area (Å²) >= 11 is 0. The molecular weight excluding hydrogens is 254 g/mol. The van der Waals surface area contributed by atoms with E-state index in [4.69, 9.17) is 0 Å². The summed E-state index contributed by atoms with van der Waals surface area (Å²) in [5, 5.41) is 10.5. The second-order valence-corrected chi connectivity index (χ2v) is 4.29. The Hall–Kier alpha value is -2.34. The van der Waals surface area contributed by atoms with Crippen molar-refractivity contribution in [2.45, 2.75) is 0 Å². The minimum absolute atomic E-state index is 0.0921. The molecule has 0 amide bonds. The molecule has 1 N–H and O–H groups in total. The third kappa shape index (κ3) is 2.33. The van der Waals surface area contributed by atoms with Crippen LogP contribution in [-0.4, -0.2) is 23.7 Å². The van der Waals surface area contributed by atoms with Crippen LogP contribution in [0.5, 0.6) is 0 Å². The Morgan fingerprint density at radius 3 is 2.33 bits per heavy atom. The minimum Gasteiger partial charge on any atom is -0.425 e. The summed E-state index contributed by atoms with van der Waals surface area (Å²) in [6.45, 7) is 0. The van der Waals surface area contributed by atoms with Crippen molar-refractivity contribution in [2.75, 3.05) is 0 Å². The van der Waals surface area contributed by atoms with Crippen LogP contribution in [0.3, 0.4) is 0 Å². The molecule has 5 nitrogen and oxygen atoms in total. The Bertz CT molecular complexity index is 752. The first kappa shape index (κ1) is 12.1. The van der Waals surface area contributed by atoms with Crippen LogP contribution in [0.25, 0.3) is 11.3 Å². The highest BCUT2D eigenvalue weighted by Gasteiger charge is 2.08. The van der Waals surface area contributed by atoms with Crippen molar-refractivity contribution in [3.63, 3.8) is 0 Å². The Morgan fingerprint density at radius 2 is 1.72 bits per heavy atom. The van der Waals surface area contributed by atoms with E-state index in [1.165, 1.54) is 12.1 Å². The second-order valence-electron chi connectivity index (χ2n) is 3.54. The predicted molar refractivity (Wildman–Crippen MR) is 67.4 cm³/mol. The molecule has 0 aliphatic heterocycles. The zero-order valence-electron chi connectivity index (χ0n) is 9.15. The number of nitrogens with zero attached hydrogens (tertiary/aromatic N) is 1. The number of hydrogen-bond acceptors (Lipinski definition) is 4. The Labute approximate surface area is 104 Å². The van der Waals surface area contributed by atoms with Gasteiger partial charge in [-0.1, -0.05) is 30.3 Å². The van der Waals surface area contributed by atoms with Crippen LogP contribution >= 0.6 is 0 Å². The molecule has 1 heterocycles. The Kier molecular flexibility index (Phi) is 3.29. The highest BCUT2D eigenvalue weighted by Crippen LogP contribution is 2.16. The minimum atomic E-state index is -2.49. The fraction of sp³-hybridized carbons (Fsp3) is 0. The molecule has 0 bridgehead atoms. The van der Waals surface area contributed by atoms with Crippen molar-refractivity contribution in [1.82, 2.24) is 4.73 Å². The zero-order chi connectivity index (χ0) is 13.1. The van der Waals surface area contributed by atoms with Gasteiger partial charge in [-0.25, -0.2) is 0 Å². The van der Waals surface area contributed by atoms with Gasteiger partial charge in [0.1, 0.15) is 0 Å². The molecule has 0 unspecified atom stereocenters. The molecule has 0 atom stereocenters. The van der Waals surface area contributed by atoms with Gasteiger partial charge in [-0.05, 0) is 12.1 Å². The standard InChI is InChI=1S/C12H9NO4S/c14-12-10(8-18(16)17)6-7-11(13(12)15)9-4-2-1-3-5-9/h1-8,15H. The van der Waals surface area contributed by atoms with E-state index in [0.29, 0.717) is 16.0 Å². The summed E-state index contributed by atoms with van der Waals surface area (Å²) in [5.41, 5.74) is 0.0902. The average Bonchev–Trinajstić information content (AvgIpc) is 2.36. The fourth-order valence-electron chi connectivity index (χ4n) is 1.56. The van der Waals surface area contributed by atoms with Gasteiger partial charge < -0.3 is 5.21 Å². The van der Waals surface area contributed by atoms with Crippen LogP contribution in [-0.2, 0) is 10.3 Å². The molecule has 2 aromatic rings. The Balaban J connectivity index is 2.65. The number of hydrogen-bond donors (Lipinski definition) is 1. The monoisotopic (exact) mass is 263 g/mol. The SMILES string of the molecule is O=c1c(C=S(=O)=O)ccc(-c2ccccc2)n1O. The highest BCUT2D eigenvalue weighted by atomic mass is 32.2. The lowest BCUT2D eigenvalue weighted by Crippen LogP contribution is -2.23. The first-order chi connectivity index (χ1) is 8.59. The third-order valence-corrected chi connectivity index (χ3v) is 2.83. The maximum Gasteiger partial charge on any atom is 0.291 e. The maximum atomic E-state index is 11.7. The number of rotatable bonds is 2. The summed E-state index contributed by atoms with van der Waals surface area (Å²) in [5.74, 6) is 0. The molecule has 2 rings (SSSR count). The summed E-state index contributed by atoms with van der Waals surface area (Å²) in [4.78, 5) is 11.7. The zero-order valence-corrected chi connectivity index (χ0v) is 9.96. The maximum absolute atomic E-state index is 11.7. The van der Waals surface area contributed by atoms with Crippen molar-refractivity contribution in [3.05, 3.63) is 58.4 Å². The van der Waals surface area contributed by atoms with E-state index in [-0.39, 0.29) is 5.56 Å². The summed E-state index contributed by atoms with van der Waals surface area (Å²) in [6.07, 6.45) is 0. The Morgan fingerprint density at radius 1 is 1.06 bits per heavy atom. The molecule has 0 radical (unpaired) electrons. The molecule has 1 aromatic carbocycles.